The molecule has 1 saturated heterocycles. The van der Waals surface area contributed by atoms with Crippen LogP contribution in [0.1, 0.15) is 30.0 Å². The number of carboxylic acid groups (broad SMARTS) is 1. The standard InChI is InChI=1S/C20H22Cl2N2O2/c1-23(2)15-8-5-13(6-9-15)19(14-7-10-16(21)17(22)12-14)24-11-3-4-18(24)20(25)26/h5-10,12,18-19H,3-4,11H2,1-2H3,(H,25,26). The monoisotopic (exact) mass is 392 g/mol. The molecule has 0 spiro atoms. The van der Waals surface area contributed by atoms with Crippen molar-refractivity contribution >= 4 is 34.9 Å². The Hall–Kier alpha value is -1.75. The van der Waals surface area contributed by atoms with Crippen LogP contribution in [0.15, 0.2) is 42.5 Å². The lowest BCUT2D eigenvalue weighted by Gasteiger charge is -2.32. The number of hydrogen-bond acceptors (Lipinski definition) is 3. The minimum atomic E-state index is -0.780. The molecule has 3 rings (SSSR count). The van der Waals surface area contributed by atoms with E-state index in [2.05, 4.69) is 12.1 Å². The second-order valence-corrected chi connectivity index (χ2v) is 7.61. The number of rotatable bonds is 5. The zero-order valence-electron chi connectivity index (χ0n) is 14.8. The molecule has 138 valence electrons. The van der Waals surface area contributed by atoms with E-state index in [-0.39, 0.29) is 6.04 Å². The van der Waals surface area contributed by atoms with E-state index in [1.165, 1.54) is 0 Å². The van der Waals surface area contributed by atoms with E-state index in [9.17, 15) is 9.90 Å². The molecule has 1 heterocycles. The highest BCUT2D eigenvalue weighted by molar-refractivity contribution is 6.42. The van der Waals surface area contributed by atoms with E-state index in [1.54, 1.807) is 6.07 Å². The van der Waals surface area contributed by atoms with Gasteiger partial charge in [-0.2, -0.15) is 0 Å². The largest absolute Gasteiger partial charge is 0.480 e. The van der Waals surface area contributed by atoms with Gasteiger partial charge in [-0.15, -0.1) is 0 Å². The molecule has 1 N–H and O–H groups in total. The summed E-state index contributed by atoms with van der Waals surface area (Å²) in [7, 11) is 3.98. The maximum absolute atomic E-state index is 11.7. The van der Waals surface area contributed by atoms with Gasteiger partial charge in [0.2, 0.25) is 0 Å². The number of halogens is 2. The van der Waals surface area contributed by atoms with Crippen molar-refractivity contribution in [2.75, 3.05) is 25.5 Å². The zero-order chi connectivity index (χ0) is 18.8. The summed E-state index contributed by atoms with van der Waals surface area (Å²) in [5, 5.41) is 10.6. The fourth-order valence-electron chi connectivity index (χ4n) is 3.58. The quantitative estimate of drug-likeness (QED) is 0.800. The third-order valence-corrected chi connectivity index (χ3v) is 5.63. The van der Waals surface area contributed by atoms with Gasteiger partial charge in [-0.1, -0.05) is 41.4 Å². The van der Waals surface area contributed by atoms with Crippen molar-refractivity contribution in [2.24, 2.45) is 0 Å². The highest BCUT2D eigenvalue weighted by Crippen LogP contribution is 2.37. The Morgan fingerprint density at radius 1 is 1.12 bits per heavy atom. The van der Waals surface area contributed by atoms with Crippen molar-refractivity contribution in [2.45, 2.75) is 24.9 Å². The van der Waals surface area contributed by atoms with Crippen LogP contribution in [0.25, 0.3) is 0 Å². The van der Waals surface area contributed by atoms with Crippen molar-refractivity contribution < 1.29 is 9.90 Å². The van der Waals surface area contributed by atoms with Crippen LogP contribution in [-0.2, 0) is 4.79 Å². The third kappa shape index (κ3) is 3.83. The number of hydrogen-bond donors (Lipinski definition) is 1. The van der Waals surface area contributed by atoms with Crippen LogP contribution in [0.4, 0.5) is 5.69 Å². The van der Waals surface area contributed by atoms with Crippen LogP contribution in [0.5, 0.6) is 0 Å². The normalized spacial score (nSPS) is 18.7. The Labute approximate surface area is 163 Å². The molecule has 0 aromatic heterocycles. The highest BCUT2D eigenvalue weighted by Gasteiger charge is 2.37. The topological polar surface area (TPSA) is 43.8 Å². The number of carbonyl (C=O) groups is 1. The number of carboxylic acids is 1. The summed E-state index contributed by atoms with van der Waals surface area (Å²) in [6.07, 6.45) is 1.52. The molecule has 1 fully saturated rings. The van der Waals surface area contributed by atoms with Gasteiger partial charge < -0.3 is 10.0 Å². The second kappa shape index (κ2) is 7.87. The highest BCUT2D eigenvalue weighted by atomic mass is 35.5. The molecular formula is C20H22Cl2N2O2. The summed E-state index contributed by atoms with van der Waals surface area (Å²) in [6.45, 7) is 0.733. The maximum Gasteiger partial charge on any atom is 0.320 e. The minimum Gasteiger partial charge on any atom is -0.480 e. The van der Waals surface area contributed by atoms with Crippen molar-refractivity contribution in [3.8, 4) is 0 Å². The molecule has 0 bridgehead atoms. The van der Waals surface area contributed by atoms with Crippen molar-refractivity contribution in [3.05, 3.63) is 63.6 Å². The molecule has 2 unspecified atom stereocenters. The van der Waals surface area contributed by atoms with Crippen LogP contribution >= 0.6 is 23.2 Å². The molecule has 0 amide bonds. The Morgan fingerprint density at radius 2 is 1.77 bits per heavy atom. The fourth-order valence-corrected chi connectivity index (χ4v) is 3.88. The Kier molecular flexibility index (Phi) is 5.76. The van der Waals surface area contributed by atoms with E-state index >= 15 is 0 Å². The van der Waals surface area contributed by atoms with Gasteiger partial charge in [0.25, 0.3) is 0 Å². The molecular weight excluding hydrogens is 371 g/mol. The summed E-state index contributed by atoms with van der Waals surface area (Å²) >= 11 is 12.3. The van der Waals surface area contributed by atoms with Gasteiger partial charge in [0.1, 0.15) is 6.04 Å². The smallest absolute Gasteiger partial charge is 0.320 e. The van der Waals surface area contributed by atoms with E-state index in [0.29, 0.717) is 16.5 Å². The van der Waals surface area contributed by atoms with Gasteiger partial charge in [0, 0.05) is 26.3 Å². The molecule has 0 aliphatic carbocycles. The van der Waals surface area contributed by atoms with Gasteiger partial charge in [-0.05, 0) is 48.2 Å². The van der Waals surface area contributed by atoms with Gasteiger partial charge in [0.15, 0.2) is 0 Å². The third-order valence-electron chi connectivity index (χ3n) is 4.90. The van der Waals surface area contributed by atoms with Gasteiger partial charge in [0.05, 0.1) is 16.1 Å². The Bertz CT molecular complexity index is 793. The Balaban J connectivity index is 2.06. The Morgan fingerprint density at radius 3 is 2.35 bits per heavy atom. The summed E-state index contributed by atoms with van der Waals surface area (Å²) in [5.41, 5.74) is 3.09. The molecule has 6 heteroatoms. The molecule has 26 heavy (non-hydrogen) atoms. The molecule has 0 radical (unpaired) electrons. The molecule has 1 aliphatic heterocycles. The lowest BCUT2D eigenvalue weighted by molar-refractivity contribution is -0.142. The molecule has 2 aromatic carbocycles. The van der Waals surface area contributed by atoms with E-state index in [0.717, 1.165) is 29.8 Å². The van der Waals surface area contributed by atoms with Crippen LogP contribution in [0, 0.1) is 0 Å². The number of nitrogens with zero attached hydrogens (tertiary/aromatic N) is 2. The van der Waals surface area contributed by atoms with E-state index in [1.807, 2.05) is 48.2 Å². The minimum absolute atomic E-state index is 0.176. The second-order valence-electron chi connectivity index (χ2n) is 6.80. The molecule has 1 aliphatic rings. The average Bonchev–Trinajstić information content (AvgIpc) is 3.08. The first-order valence-electron chi connectivity index (χ1n) is 8.59. The summed E-state index contributed by atoms with van der Waals surface area (Å²) in [4.78, 5) is 15.8. The first-order valence-corrected chi connectivity index (χ1v) is 9.35. The molecule has 4 nitrogen and oxygen atoms in total. The van der Waals surface area contributed by atoms with Crippen molar-refractivity contribution in [1.29, 1.82) is 0 Å². The van der Waals surface area contributed by atoms with Gasteiger partial charge in [-0.25, -0.2) is 0 Å². The first kappa shape index (κ1) is 19.0. The molecule has 2 atom stereocenters. The molecule has 0 saturated carbocycles. The van der Waals surface area contributed by atoms with Gasteiger partial charge >= 0.3 is 5.97 Å². The average molecular weight is 393 g/mol. The lowest BCUT2D eigenvalue weighted by atomic mass is 9.96. The predicted octanol–water partition coefficient (Wildman–Crippen LogP) is 4.70. The molecule has 2 aromatic rings. The van der Waals surface area contributed by atoms with Crippen LogP contribution in [0.2, 0.25) is 10.0 Å². The number of benzene rings is 2. The van der Waals surface area contributed by atoms with Crippen LogP contribution in [0.3, 0.4) is 0 Å². The summed E-state index contributed by atoms with van der Waals surface area (Å²) in [5.74, 6) is -0.780. The number of likely N-dealkylation sites (tertiary alicyclic amines) is 1. The van der Waals surface area contributed by atoms with Gasteiger partial charge in [-0.3, -0.25) is 9.69 Å². The van der Waals surface area contributed by atoms with Crippen LogP contribution < -0.4 is 4.90 Å². The summed E-state index contributed by atoms with van der Waals surface area (Å²) in [6, 6.07) is 13.1. The van der Waals surface area contributed by atoms with Crippen molar-refractivity contribution in [1.82, 2.24) is 4.90 Å². The SMILES string of the molecule is CN(C)c1ccc(C(c2ccc(Cl)c(Cl)c2)N2CCCC2C(=O)O)cc1. The fraction of sp³-hybridized carbons (Fsp3) is 0.350. The first-order chi connectivity index (χ1) is 12.4. The number of aliphatic carboxylic acids is 1. The summed E-state index contributed by atoms with van der Waals surface area (Å²) < 4.78 is 0. The van der Waals surface area contributed by atoms with Crippen molar-refractivity contribution in [3.63, 3.8) is 0 Å². The lowest BCUT2D eigenvalue weighted by Crippen LogP contribution is -2.39. The predicted molar refractivity (Wildman–Crippen MR) is 106 cm³/mol. The van der Waals surface area contributed by atoms with Crippen LogP contribution in [-0.4, -0.2) is 42.7 Å². The zero-order valence-corrected chi connectivity index (χ0v) is 16.3. The van der Waals surface area contributed by atoms with E-state index < -0.39 is 12.0 Å². The maximum atomic E-state index is 11.7. The number of anilines is 1. The van der Waals surface area contributed by atoms with E-state index in [4.69, 9.17) is 23.2 Å².